The molecule has 0 saturated carbocycles. The van der Waals surface area contributed by atoms with E-state index in [0.717, 1.165) is 18.2 Å². The first-order valence-corrected chi connectivity index (χ1v) is 5.82. The number of hydrogen-bond acceptors (Lipinski definition) is 4. The Labute approximate surface area is 109 Å². The van der Waals surface area contributed by atoms with E-state index < -0.39 is 11.6 Å². The van der Waals surface area contributed by atoms with Gasteiger partial charge in [-0.15, -0.1) is 0 Å². The largest absolute Gasteiger partial charge is 0.384 e. The lowest BCUT2D eigenvalue weighted by Gasteiger charge is -2.10. The molecule has 0 spiro atoms. The van der Waals surface area contributed by atoms with E-state index in [-0.39, 0.29) is 17.4 Å². The second-order valence-electron chi connectivity index (χ2n) is 4.44. The summed E-state index contributed by atoms with van der Waals surface area (Å²) >= 11 is 0. The fourth-order valence-corrected chi connectivity index (χ4v) is 1.54. The van der Waals surface area contributed by atoms with E-state index in [0.29, 0.717) is 11.6 Å². The minimum Gasteiger partial charge on any atom is -0.384 e. The first kappa shape index (κ1) is 13.2. The van der Waals surface area contributed by atoms with E-state index in [2.05, 4.69) is 15.3 Å². The number of nitrogen functional groups attached to an aromatic ring is 1. The third-order valence-electron chi connectivity index (χ3n) is 2.47. The van der Waals surface area contributed by atoms with E-state index in [1.54, 1.807) is 0 Å². The lowest BCUT2D eigenvalue weighted by molar-refractivity contribution is 0.603. The highest BCUT2D eigenvalue weighted by Gasteiger charge is 2.09. The number of aromatic nitrogens is 2. The van der Waals surface area contributed by atoms with E-state index in [1.807, 2.05) is 13.8 Å². The van der Waals surface area contributed by atoms with Crippen LogP contribution in [0.2, 0.25) is 0 Å². The molecule has 0 bridgehead atoms. The van der Waals surface area contributed by atoms with Gasteiger partial charge in [0.05, 0.1) is 5.69 Å². The quantitative estimate of drug-likeness (QED) is 0.893. The number of halogens is 2. The van der Waals surface area contributed by atoms with E-state index >= 15 is 0 Å². The molecular weight excluding hydrogens is 250 g/mol. The molecule has 2 rings (SSSR count). The fourth-order valence-electron chi connectivity index (χ4n) is 1.54. The van der Waals surface area contributed by atoms with Crippen LogP contribution in [0.5, 0.6) is 0 Å². The van der Waals surface area contributed by atoms with Gasteiger partial charge in [0.15, 0.2) is 0 Å². The molecule has 1 heterocycles. The predicted octanol–water partition coefficient (Wildman–Crippen LogP) is 3.20. The summed E-state index contributed by atoms with van der Waals surface area (Å²) in [5, 5.41) is 2.70. The fraction of sp³-hybridized carbons (Fsp3) is 0.231. The van der Waals surface area contributed by atoms with Crippen LogP contribution in [0, 0.1) is 11.6 Å². The smallest absolute Gasteiger partial charge is 0.146 e. The summed E-state index contributed by atoms with van der Waals surface area (Å²) in [5.74, 6) is 0.138. The average Bonchev–Trinajstić information content (AvgIpc) is 2.33. The molecule has 6 heteroatoms. The van der Waals surface area contributed by atoms with Crippen molar-refractivity contribution in [3.63, 3.8) is 0 Å². The zero-order valence-corrected chi connectivity index (χ0v) is 10.6. The number of nitrogens with two attached hydrogens (primary N) is 1. The number of anilines is 3. The minimum absolute atomic E-state index is 0.00723. The molecule has 3 N–H and O–H groups in total. The van der Waals surface area contributed by atoms with Gasteiger partial charge in [-0.05, 0) is 12.1 Å². The maximum Gasteiger partial charge on any atom is 0.146 e. The molecule has 0 fully saturated rings. The van der Waals surface area contributed by atoms with Gasteiger partial charge < -0.3 is 11.1 Å². The first-order valence-electron chi connectivity index (χ1n) is 5.82. The second kappa shape index (κ2) is 5.17. The van der Waals surface area contributed by atoms with Crippen LogP contribution in [0.15, 0.2) is 24.3 Å². The molecule has 0 saturated heterocycles. The Morgan fingerprint density at radius 2 is 1.89 bits per heavy atom. The lowest BCUT2D eigenvalue weighted by Crippen LogP contribution is -2.05. The van der Waals surface area contributed by atoms with Crippen molar-refractivity contribution in [1.29, 1.82) is 0 Å². The zero-order chi connectivity index (χ0) is 14.0. The van der Waals surface area contributed by atoms with Gasteiger partial charge >= 0.3 is 0 Å². The van der Waals surface area contributed by atoms with Crippen LogP contribution in [-0.4, -0.2) is 9.97 Å². The summed E-state index contributed by atoms with van der Waals surface area (Å²) in [5.41, 5.74) is 5.67. The second-order valence-corrected chi connectivity index (χ2v) is 4.44. The first-order chi connectivity index (χ1) is 8.95. The number of rotatable bonds is 3. The van der Waals surface area contributed by atoms with Crippen molar-refractivity contribution in [1.82, 2.24) is 9.97 Å². The Morgan fingerprint density at radius 3 is 2.58 bits per heavy atom. The van der Waals surface area contributed by atoms with Crippen molar-refractivity contribution in [2.75, 3.05) is 11.1 Å². The summed E-state index contributed by atoms with van der Waals surface area (Å²) in [6.45, 7) is 3.84. The van der Waals surface area contributed by atoms with Crippen molar-refractivity contribution in [3.8, 4) is 0 Å². The van der Waals surface area contributed by atoms with E-state index in [1.165, 1.54) is 6.07 Å². The number of nitrogens with zero attached hydrogens (tertiary/aromatic N) is 2. The molecule has 0 atom stereocenters. The van der Waals surface area contributed by atoms with Gasteiger partial charge in [-0.25, -0.2) is 18.7 Å². The van der Waals surface area contributed by atoms with Crippen molar-refractivity contribution < 1.29 is 8.78 Å². The molecule has 0 radical (unpaired) electrons. The third kappa shape index (κ3) is 3.15. The highest BCUT2D eigenvalue weighted by molar-refractivity contribution is 5.59. The van der Waals surface area contributed by atoms with Crippen molar-refractivity contribution in [2.24, 2.45) is 0 Å². The Bertz CT molecular complexity index is 599. The summed E-state index contributed by atoms with van der Waals surface area (Å²) in [6, 6.07) is 4.62. The number of nitrogens with one attached hydrogen (secondary N) is 1. The van der Waals surface area contributed by atoms with Crippen molar-refractivity contribution in [2.45, 2.75) is 19.8 Å². The van der Waals surface area contributed by atoms with Gasteiger partial charge in [0.1, 0.15) is 29.1 Å². The third-order valence-corrected chi connectivity index (χ3v) is 2.47. The molecule has 0 aliphatic rings. The zero-order valence-electron chi connectivity index (χ0n) is 10.6. The van der Waals surface area contributed by atoms with Crippen LogP contribution in [0.3, 0.4) is 0 Å². The monoisotopic (exact) mass is 264 g/mol. The van der Waals surface area contributed by atoms with Gasteiger partial charge in [0.2, 0.25) is 0 Å². The number of hydrogen-bond donors (Lipinski definition) is 2. The average molecular weight is 264 g/mol. The van der Waals surface area contributed by atoms with Gasteiger partial charge in [-0.1, -0.05) is 13.8 Å². The molecule has 0 unspecified atom stereocenters. The Kier molecular flexibility index (Phi) is 3.59. The topological polar surface area (TPSA) is 63.8 Å². The Hall–Kier alpha value is -2.24. The molecule has 1 aromatic carbocycles. The summed E-state index contributed by atoms with van der Waals surface area (Å²) in [7, 11) is 0. The van der Waals surface area contributed by atoms with Gasteiger partial charge in [-0.3, -0.25) is 0 Å². The van der Waals surface area contributed by atoms with Crippen LogP contribution < -0.4 is 11.1 Å². The Balaban J connectivity index is 2.35. The molecule has 4 nitrogen and oxygen atoms in total. The van der Waals surface area contributed by atoms with Crippen LogP contribution in [-0.2, 0) is 0 Å². The molecule has 100 valence electrons. The van der Waals surface area contributed by atoms with E-state index in [4.69, 9.17) is 5.73 Å². The SMILES string of the molecule is CC(C)c1nc(N)cc(Nc2cc(F)ccc2F)n1. The van der Waals surface area contributed by atoms with Crippen LogP contribution in [0.25, 0.3) is 0 Å². The highest BCUT2D eigenvalue weighted by atomic mass is 19.1. The molecule has 0 aliphatic heterocycles. The minimum atomic E-state index is -0.565. The normalized spacial score (nSPS) is 10.8. The molecular formula is C13H14F2N4. The molecule has 2 aromatic rings. The predicted molar refractivity (Wildman–Crippen MR) is 70.2 cm³/mol. The molecule has 0 aliphatic carbocycles. The van der Waals surface area contributed by atoms with Gasteiger partial charge in [0.25, 0.3) is 0 Å². The summed E-state index contributed by atoms with van der Waals surface area (Å²) in [4.78, 5) is 8.28. The van der Waals surface area contributed by atoms with Gasteiger partial charge in [-0.2, -0.15) is 0 Å². The maximum absolute atomic E-state index is 13.5. The van der Waals surface area contributed by atoms with Crippen molar-refractivity contribution in [3.05, 3.63) is 41.7 Å². The Morgan fingerprint density at radius 1 is 1.16 bits per heavy atom. The molecule has 0 amide bonds. The maximum atomic E-state index is 13.5. The summed E-state index contributed by atoms with van der Waals surface area (Å²) in [6.07, 6.45) is 0. The van der Waals surface area contributed by atoms with Crippen LogP contribution >= 0.6 is 0 Å². The number of benzene rings is 1. The summed E-state index contributed by atoms with van der Waals surface area (Å²) < 4.78 is 26.6. The van der Waals surface area contributed by atoms with Crippen LogP contribution in [0.1, 0.15) is 25.6 Å². The van der Waals surface area contributed by atoms with E-state index in [9.17, 15) is 8.78 Å². The molecule has 1 aromatic heterocycles. The van der Waals surface area contributed by atoms with Gasteiger partial charge in [0, 0.05) is 18.1 Å². The van der Waals surface area contributed by atoms with Crippen molar-refractivity contribution >= 4 is 17.3 Å². The highest BCUT2D eigenvalue weighted by Crippen LogP contribution is 2.22. The standard InChI is InChI=1S/C13H14F2N4/c1-7(2)13-18-11(16)6-12(19-13)17-10-5-8(14)3-4-9(10)15/h3-7H,1-2H3,(H3,16,17,18,19). The lowest BCUT2D eigenvalue weighted by atomic mass is 10.2. The molecule has 19 heavy (non-hydrogen) atoms. The van der Waals surface area contributed by atoms with Crippen LogP contribution in [0.4, 0.5) is 26.1 Å².